The lowest BCUT2D eigenvalue weighted by Gasteiger charge is -2.30. The normalized spacial score (nSPS) is 17.5. The summed E-state index contributed by atoms with van der Waals surface area (Å²) in [7, 11) is 0. The average molecular weight is 1340 g/mol. The number of benzene rings is 1. The summed E-state index contributed by atoms with van der Waals surface area (Å²) in [4.78, 5) is 211. The van der Waals surface area contributed by atoms with Crippen molar-refractivity contribution in [2.75, 3.05) is 65.8 Å². The number of nitrogens with one attached hydrogen (secondary N) is 12. The number of carbonyl (C=O) groups is 16. The quantitative estimate of drug-likeness (QED) is 0.0299. The number of carbonyl (C=O) groups excluding carboxylic acids is 13. The molecule has 1 aromatic heterocycles. The van der Waals surface area contributed by atoms with Crippen LogP contribution in [0, 0.1) is 0 Å². The van der Waals surface area contributed by atoms with Crippen LogP contribution in [0.5, 0.6) is 0 Å². The monoisotopic (exact) mass is 1340 g/mol. The molecule has 3 heterocycles. The highest BCUT2D eigenvalue weighted by Gasteiger charge is 2.42. The summed E-state index contributed by atoms with van der Waals surface area (Å²) in [5, 5.41) is 112. The lowest BCUT2D eigenvalue weighted by molar-refractivity contribution is -0.146. The van der Waals surface area contributed by atoms with Crippen molar-refractivity contribution in [3.63, 3.8) is 0 Å². The number of hydrogen-bond donors (Lipinski definition) is 22. The molecule has 23 N–H and O–H groups in total. The minimum atomic E-state index is -2.17. The molecule has 40 nitrogen and oxygen atoms in total. The van der Waals surface area contributed by atoms with Gasteiger partial charge < -0.3 is 125 Å². The van der Waals surface area contributed by atoms with Crippen molar-refractivity contribution in [3.8, 4) is 0 Å². The van der Waals surface area contributed by atoms with Crippen LogP contribution >= 0.6 is 0 Å². The third-order valence-corrected chi connectivity index (χ3v) is 14.6. The first-order valence-electron chi connectivity index (χ1n) is 29.0. The second kappa shape index (κ2) is 36.9. The van der Waals surface area contributed by atoms with E-state index in [0.717, 1.165) is 20.7 Å². The zero-order valence-electron chi connectivity index (χ0n) is 50.4. The topological polar surface area (TPSA) is 636 Å². The zero-order chi connectivity index (χ0) is 70.1. The second-order valence-corrected chi connectivity index (χ2v) is 21.5. The Hall–Kier alpha value is -10.00. The molecule has 0 aliphatic carbocycles. The van der Waals surface area contributed by atoms with E-state index in [1.165, 1.54) is 6.92 Å². The molecule has 0 radical (unpaired) electrons. The van der Waals surface area contributed by atoms with Gasteiger partial charge in [0, 0.05) is 30.2 Å². The van der Waals surface area contributed by atoms with E-state index in [9.17, 15) is 123 Å². The molecule has 0 unspecified atom stereocenters. The van der Waals surface area contributed by atoms with Crippen LogP contribution in [0.2, 0.25) is 0 Å². The number of aliphatic hydroxyl groups excluding tert-OH is 6. The molecular weight excluding hydrogens is 1260 g/mol. The van der Waals surface area contributed by atoms with Gasteiger partial charge in [0.15, 0.2) is 0 Å². The molecule has 1 aromatic carbocycles. The highest BCUT2D eigenvalue weighted by Crippen LogP contribution is 2.22. The Labute approximate surface area is 532 Å². The molecule has 94 heavy (non-hydrogen) atoms. The number of likely N-dealkylation sites (tertiary alicyclic amines) is 2. The van der Waals surface area contributed by atoms with Gasteiger partial charge in [0.1, 0.15) is 60.4 Å². The van der Waals surface area contributed by atoms with Crippen molar-refractivity contribution in [2.45, 2.75) is 124 Å². The number of aliphatic hydroxyl groups is 6. The number of rotatable bonds is 37. The number of nitrogens with two attached hydrogens (primary N) is 1. The maximum absolute atomic E-state index is 13.6. The van der Waals surface area contributed by atoms with Crippen LogP contribution in [0.15, 0.2) is 30.5 Å². The standard InChI is InChI=1S/C54H77N15O25/c1-24(75)43(67-44(83)27(55)12-25-15-56-28-7-3-2-6-26(25)28)51(90)59-16-38(76)57-17-39(77)60-29(13-41(79)80)46(85)62-30(14-42(81)82)47(86)63-31(19-70)45(84)58-18-40(78)61-33(21-72)52(91)68-10-4-8-36(68)49(88)64-32(20-71)48(87)65-34(22-73)53(92)69-11-5-9-37(69)50(89)66-35(23-74)54(93)94/h2-3,6-7,15,24,27,29-37,43,56,70-75H,4-5,8-14,16-23,55H2,1H3,(H,57,76)(H,58,84)(H,59,90)(H,60,77)(H,61,78)(H,62,85)(H,63,86)(H,64,88)(H,65,87)(H,66,89)(H,67,83)(H,79,80)(H,81,82)(H,93,94)/t24-,27+,29+,30+,31+,32+,33+,34+,35+,36+,37+,43+/m1/s1. The molecule has 0 saturated carbocycles. The molecule has 2 aliphatic rings. The van der Waals surface area contributed by atoms with Gasteiger partial charge >= 0.3 is 17.9 Å². The van der Waals surface area contributed by atoms with Crippen LogP contribution in [0.25, 0.3) is 10.9 Å². The van der Waals surface area contributed by atoms with Gasteiger partial charge in [-0.2, -0.15) is 0 Å². The van der Waals surface area contributed by atoms with E-state index in [-0.39, 0.29) is 45.2 Å². The first-order chi connectivity index (χ1) is 44.5. The molecule has 40 heteroatoms. The average Bonchev–Trinajstić information content (AvgIpc) is 1.66. The number of H-pyrrole nitrogens is 1. The molecule has 0 spiro atoms. The van der Waals surface area contributed by atoms with Crippen LogP contribution in [0.3, 0.4) is 0 Å². The number of carboxylic acid groups (broad SMARTS) is 3. The SMILES string of the molecule is C[C@@H](O)[C@H](NC(=O)[C@@H](N)Cc1c[nH]c2ccccc12)C(=O)NCC(=O)NCC(=O)N[C@@H](CC(=O)O)C(=O)N[C@@H](CC(=O)O)C(=O)N[C@@H](CO)C(=O)NCC(=O)N[C@@H](CO)C(=O)N1CCC[C@H]1C(=O)N[C@@H](CO)C(=O)N[C@@H](CO)C(=O)N1CCC[C@H]1C(=O)N[C@@H](CO)C(=O)O. The number of aromatic nitrogens is 1. The highest BCUT2D eigenvalue weighted by atomic mass is 16.4. The van der Waals surface area contributed by atoms with Gasteiger partial charge in [-0.15, -0.1) is 0 Å². The largest absolute Gasteiger partial charge is 0.481 e. The molecule has 518 valence electrons. The number of fused-ring (bicyclic) bond motifs is 1. The maximum Gasteiger partial charge on any atom is 0.328 e. The number of para-hydroxylation sites is 1. The van der Waals surface area contributed by atoms with Gasteiger partial charge in [-0.1, -0.05) is 18.2 Å². The lowest BCUT2D eigenvalue weighted by atomic mass is 10.0. The summed E-state index contributed by atoms with van der Waals surface area (Å²) in [6.45, 7) is -7.37. The predicted molar refractivity (Wildman–Crippen MR) is 313 cm³/mol. The van der Waals surface area contributed by atoms with Crippen LogP contribution < -0.4 is 64.2 Å². The molecule has 13 amide bonds. The second-order valence-electron chi connectivity index (χ2n) is 21.5. The zero-order valence-corrected chi connectivity index (χ0v) is 50.4. The van der Waals surface area contributed by atoms with Gasteiger partial charge in [-0.05, 0) is 50.7 Å². The van der Waals surface area contributed by atoms with Crippen molar-refractivity contribution in [2.24, 2.45) is 5.73 Å². The Balaban J connectivity index is 1.26. The number of amides is 13. The molecule has 2 fully saturated rings. The van der Waals surface area contributed by atoms with Gasteiger partial charge in [0.25, 0.3) is 0 Å². The number of aromatic amines is 1. The van der Waals surface area contributed by atoms with Gasteiger partial charge in [-0.3, -0.25) is 71.9 Å². The molecule has 2 saturated heterocycles. The van der Waals surface area contributed by atoms with E-state index in [4.69, 9.17) is 5.73 Å². The van der Waals surface area contributed by atoms with Crippen molar-refractivity contribution in [3.05, 3.63) is 36.0 Å². The molecule has 0 bridgehead atoms. The van der Waals surface area contributed by atoms with E-state index in [1.54, 1.807) is 18.3 Å². The van der Waals surface area contributed by atoms with E-state index >= 15 is 0 Å². The molecule has 12 atom stereocenters. The first kappa shape index (κ1) is 76.5. The third-order valence-electron chi connectivity index (χ3n) is 14.6. The molecule has 4 rings (SSSR count). The van der Waals surface area contributed by atoms with Crippen molar-refractivity contribution in [1.29, 1.82) is 0 Å². The smallest absolute Gasteiger partial charge is 0.328 e. The molecule has 2 aromatic rings. The summed E-state index contributed by atoms with van der Waals surface area (Å²) in [6.07, 6.45) is -1.85. The fourth-order valence-electron chi connectivity index (χ4n) is 9.67. The Morgan fingerprint density at radius 3 is 1.45 bits per heavy atom. The fourth-order valence-corrected chi connectivity index (χ4v) is 9.67. The number of nitrogens with zero attached hydrogens (tertiary/aromatic N) is 2. The fraction of sp³-hybridized carbons (Fsp3) is 0.556. The minimum Gasteiger partial charge on any atom is -0.481 e. The van der Waals surface area contributed by atoms with Crippen molar-refractivity contribution < 1.29 is 123 Å². The van der Waals surface area contributed by atoms with Gasteiger partial charge in [0.2, 0.25) is 76.8 Å². The minimum absolute atomic E-state index is 0.0441. The van der Waals surface area contributed by atoms with Crippen LogP contribution in [0.1, 0.15) is 51.0 Å². The first-order valence-corrected chi connectivity index (χ1v) is 29.0. The van der Waals surface area contributed by atoms with E-state index in [2.05, 4.69) is 42.2 Å². The van der Waals surface area contributed by atoms with Crippen LogP contribution in [-0.2, 0) is 83.1 Å². The lowest BCUT2D eigenvalue weighted by Crippen LogP contribution is -2.61. The van der Waals surface area contributed by atoms with Gasteiger partial charge in [-0.25, -0.2) is 4.79 Å². The Morgan fingerprint density at radius 2 is 0.936 bits per heavy atom. The van der Waals surface area contributed by atoms with E-state index in [1.807, 2.05) is 33.4 Å². The predicted octanol–water partition coefficient (Wildman–Crippen LogP) is -12.4. The number of hydrogen-bond acceptors (Lipinski definition) is 23. The molecule has 2 aliphatic heterocycles. The van der Waals surface area contributed by atoms with Crippen molar-refractivity contribution in [1.82, 2.24) is 73.3 Å². The van der Waals surface area contributed by atoms with Crippen molar-refractivity contribution >= 4 is 106 Å². The van der Waals surface area contributed by atoms with E-state index < -0.39 is 233 Å². The summed E-state index contributed by atoms with van der Waals surface area (Å²) in [6, 6.07) is -11.6. The van der Waals surface area contributed by atoms with Crippen LogP contribution in [0.4, 0.5) is 0 Å². The summed E-state index contributed by atoms with van der Waals surface area (Å²) >= 11 is 0. The summed E-state index contributed by atoms with van der Waals surface area (Å²) in [5.41, 5.74) is 7.57. The Morgan fingerprint density at radius 1 is 0.511 bits per heavy atom. The Bertz CT molecular complexity index is 3130. The molecular formula is C54H77N15O25. The maximum atomic E-state index is 13.6. The number of aliphatic carboxylic acids is 3. The Kier molecular flexibility index (Phi) is 30.0. The summed E-state index contributed by atoms with van der Waals surface area (Å²) in [5.74, 6) is -19.9. The van der Waals surface area contributed by atoms with Crippen LogP contribution in [-0.4, -0.2) is 294 Å². The van der Waals surface area contributed by atoms with Gasteiger partial charge in [0.05, 0.1) is 77.7 Å². The number of carboxylic acids is 3. The summed E-state index contributed by atoms with van der Waals surface area (Å²) < 4.78 is 0. The van der Waals surface area contributed by atoms with E-state index in [0.29, 0.717) is 5.56 Å². The third kappa shape index (κ3) is 22.4. The highest BCUT2D eigenvalue weighted by molar-refractivity contribution is 6.00.